The highest BCUT2D eigenvalue weighted by Gasteiger charge is 2.38. The van der Waals surface area contributed by atoms with Crippen LogP contribution in [-0.2, 0) is 9.47 Å². The van der Waals surface area contributed by atoms with Gasteiger partial charge in [0.25, 0.3) is 0 Å². The first-order valence-electron chi connectivity index (χ1n) is 5.11. The van der Waals surface area contributed by atoms with Gasteiger partial charge in [0.15, 0.2) is 0 Å². The maximum Gasteiger partial charge on any atom is 0.0694 e. The fraction of sp³-hybridized carbons (Fsp3) is 1.00. The van der Waals surface area contributed by atoms with Crippen LogP contribution in [0.15, 0.2) is 0 Å². The van der Waals surface area contributed by atoms with Crippen molar-refractivity contribution in [2.45, 2.75) is 44.2 Å². The fourth-order valence-corrected chi connectivity index (χ4v) is 1.87. The highest BCUT2D eigenvalue weighted by molar-refractivity contribution is 4.92. The van der Waals surface area contributed by atoms with Crippen molar-refractivity contribution in [1.29, 1.82) is 0 Å². The lowest BCUT2D eigenvalue weighted by atomic mass is 9.76. The average Bonchev–Trinajstić information content (AvgIpc) is 2.08. The maximum atomic E-state index is 5.93. The van der Waals surface area contributed by atoms with Crippen LogP contribution in [0.25, 0.3) is 0 Å². The number of hydrogen-bond donors (Lipinski definition) is 1. The molecule has 0 radical (unpaired) electrons. The molecule has 1 aliphatic carbocycles. The van der Waals surface area contributed by atoms with Crippen LogP contribution in [0.3, 0.4) is 0 Å². The zero-order valence-corrected chi connectivity index (χ0v) is 8.71. The molecule has 13 heavy (non-hydrogen) atoms. The van der Waals surface area contributed by atoms with Crippen LogP contribution in [0.4, 0.5) is 0 Å². The summed E-state index contributed by atoms with van der Waals surface area (Å²) < 4.78 is 10.8. The first-order valence-corrected chi connectivity index (χ1v) is 5.11. The summed E-state index contributed by atoms with van der Waals surface area (Å²) in [6.07, 6.45) is 4.52. The van der Waals surface area contributed by atoms with E-state index in [1.54, 1.807) is 7.11 Å². The van der Waals surface area contributed by atoms with Gasteiger partial charge < -0.3 is 15.2 Å². The van der Waals surface area contributed by atoms with E-state index in [-0.39, 0.29) is 11.6 Å². The van der Waals surface area contributed by atoms with Gasteiger partial charge >= 0.3 is 0 Å². The summed E-state index contributed by atoms with van der Waals surface area (Å²) in [6, 6.07) is 0.125. The van der Waals surface area contributed by atoms with E-state index < -0.39 is 0 Å². The summed E-state index contributed by atoms with van der Waals surface area (Å²) in [5.74, 6) is 0. The van der Waals surface area contributed by atoms with Gasteiger partial charge in [-0.2, -0.15) is 0 Å². The van der Waals surface area contributed by atoms with E-state index in [0.29, 0.717) is 6.61 Å². The number of methoxy groups -OCH3 is 1. The van der Waals surface area contributed by atoms with Gasteiger partial charge in [-0.25, -0.2) is 0 Å². The van der Waals surface area contributed by atoms with Crippen molar-refractivity contribution in [3.63, 3.8) is 0 Å². The number of nitrogens with two attached hydrogens (primary N) is 1. The van der Waals surface area contributed by atoms with E-state index in [9.17, 15) is 0 Å². The average molecular weight is 187 g/mol. The van der Waals surface area contributed by atoms with Crippen molar-refractivity contribution in [1.82, 2.24) is 0 Å². The minimum atomic E-state index is 0.0799. The van der Waals surface area contributed by atoms with Crippen LogP contribution in [0.1, 0.15) is 32.6 Å². The fourth-order valence-electron chi connectivity index (χ4n) is 1.87. The highest BCUT2D eigenvalue weighted by atomic mass is 16.5. The first-order chi connectivity index (χ1) is 6.22. The van der Waals surface area contributed by atoms with Crippen LogP contribution in [0.5, 0.6) is 0 Å². The predicted molar refractivity (Wildman–Crippen MR) is 52.7 cm³/mol. The van der Waals surface area contributed by atoms with E-state index in [0.717, 1.165) is 25.9 Å². The molecule has 1 atom stereocenters. The Morgan fingerprint density at radius 1 is 1.46 bits per heavy atom. The Labute approximate surface area is 80.6 Å². The van der Waals surface area contributed by atoms with Crippen molar-refractivity contribution in [2.24, 2.45) is 5.73 Å². The van der Waals surface area contributed by atoms with Gasteiger partial charge in [0.05, 0.1) is 12.2 Å². The van der Waals surface area contributed by atoms with E-state index in [2.05, 4.69) is 0 Å². The normalized spacial score (nSPS) is 22.4. The quantitative estimate of drug-likeness (QED) is 0.682. The van der Waals surface area contributed by atoms with E-state index in [4.69, 9.17) is 15.2 Å². The largest absolute Gasteiger partial charge is 0.380 e. The standard InChI is InChI=1S/C10H21NO2/c1-3-13-8-9(11)7-10(12-2)5-4-6-10/h9H,3-8,11H2,1-2H3. The molecule has 0 aromatic heterocycles. The second-order valence-corrected chi connectivity index (χ2v) is 3.86. The molecule has 3 heteroatoms. The van der Waals surface area contributed by atoms with Gasteiger partial charge in [0, 0.05) is 19.8 Å². The predicted octanol–water partition coefficient (Wildman–Crippen LogP) is 1.31. The van der Waals surface area contributed by atoms with Gasteiger partial charge in [0.1, 0.15) is 0 Å². The van der Waals surface area contributed by atoms with Crippen LogP contribution in [0.2, 0.25) is 0 Å². The van der Waals surface area contributed by atoms with E-state index >= 15 is 0 Å². The number of rotatable bonds is 6. The summed E-state index contributed by atoms with van der Waals surface area (Å²) in [7, 11) is 1.78. The molecule has 0 saturated heterocycles. The first kappa shape index (κ1) is 11.0. The van der Waals surface area contributed by atoms with Gasteiger partial charge in [-0.15, -0.1) is 0 Å². The Kier molecular flexibility index (Phi) is 4.16. The molecule has 1 saturated carbocycles. The Morgan fingerprint density at radius 2 is 2.15 bits per heavy atom. The molecule has 78 valence electrons. The lowest BCUT2D eigenvalue weighted by molar-refractivity contribution is -0.0853. The van der Waals surface area contributed by atoms with Crippen molar-refractivity contribution in [3.05, 3.63) is 0 Å². The monoisotopic (exact) mass is 187 g/mol. The van der Waals surface area contributed by atoms with Gasteiger partial charge in [-0.1, -0.05) is 0 Å². The smallest absolute Gasteiger partial charge is 0.0694 e. The summed E-state index contributed by atoms with van der Waals surface area (Å²) in [5, 5.41) is 0. The van der Waals surface area contributed by atoms with Gasteiger partial charge in [-0.05, 0) is 32.6 Å². The van der Waals surface area contributed by atoms with Crippen molar-refractivity contribution in [2.75, 3.05) is 20.3 Å². The second-order valence-electron chi connectivity index (χ2n) is 3.86. The number of hydrogen-bond acceptors (Lipinski definition) is 3. The third-order valence-corrected chi connectivity index (χ3v) is 2.87. The Hall–Kier alpha value is -0.120. The minimum Gasteiger partial charge on any atom is -0.380 e. The molecule has 0 aromatic rings. The van der Waals surface area contributed by atoms with Crippen molar-refractivity contribution >= 4 is 0 Å². The lowest BCUT2D eigenvalue weighted by Gasteiger charge is -2.42. The third kappa shape index (κ3) is 2.93. The molecule has 2 N–H and O–H groups in total. The molecule has 3 nitrogen and oxygen atoms in total. The molecule has 1 aliphatic rings. The summed E-state index contributed by atoms with van der Waals surface area (Å²) in [5.41, 5.74) is 6.01. The Balaban J connectivity index is 2.21. The zero-order chi connectivity index (χ0) is 9.73. The van der Waals surface area contributed by atoms with Crippen molar-refractivity contribution in [3.8, 4) is 0 Å². The van der Waals surface area contributed by atoms with Crippen LogP contribution in [-0.4, -0.2) is 32.0 Å². The summed E-state index contributed by atoms with van der Waals surface area (Å²) >= 11 is 0. The molecular formula is C10H21NO2. The molecule has 0 aliphatic heterocycles. The van der Waals surface area contributed by atoms with E-state index in [1.807, 2.05) is 6.92 Å². The molecule has 0 aromatic carbocycles. The topological polar surface area (TPSA) is 44.5 Å². The molecule has 1 rings (SSSR count). The van der Waals surface area contributed by atoms with Gasteiger partial charge in [0.2, 0.25) is 0 Å². The molecule has 0 heterocycles. The second kappa shape index (κ2) is 4.94. The lowest BCUT2D eigenvalue weighted by Crippen LogP contribution is -2.45. The van der Waals surface area contributed by atoms with Gasteiger partial charge in [-0.3, -0.25) is 0 Å². The minimum absolute atomic E-state index is 0.0799. The molecule has 1 unspecified atom stereocenters. The van der Waals surface area contributed by atoms with Crippen LogP contribution < -0.4 is 5.73 Å². The zero-order valence-electron chi connectivity index (χ0n) is 8.71. The Bertz CT molecular complexity index is 140. The summed E-state index contributed by atoms with van der Waals surface area (Å²) in [4.78, 5) is 0. The summed E-state index contributed by atoms with van der Waals surface area (Å²) in [6.45, 7) is 3.39. The van der Waals surface area contributed by atoms with Crippen LogP contribution in [0, 0.1) is 0 Å². The SMILES string of the molecule is CCOCC(N)CC1(OC)CCC1. The molecule has 0 amide bonds. The van der Waals surface area contributed by atoms with Crippen molar-refractivity contribution < 1.29 is 9.47 Å². The maximum absolute atomic E-state index is 5.93. The third-order valence-electron chi connectivity index (χ3n) is 2.87. The molecular weight excluding hydrogens is 166 g/mol. The highest BCUT2D eigenvalue weighted by Crippen LogP contribution is 2.38. The van der Waals surface area contributed by atoms with Crippen LogP contribution >= 0.6 is 0 Å². The number of ether oxygens (including phenoxy) is 2. The molecule has 0 spiro atoms. The molecule has 0 bridgehead atoms. The van der Waals surface area contributed by atoms with E-state index in [1.165, 1.54) is 6.42 Å². The molecule has 1 fully saturated rings. The Morgan fingerprint density at radius 3 is 2.54 bits per heavy atom.